The van der Waals surface area contributed by atoms with Crippen molar-refractivity contribution in [1.82, 2.24) is 5.32 Å². The van der Waals surface area contributed by atoms with Gasteiger partial charge >= 0.3 is 0 Å². The van der Waals surface area contributed by atoms with Crippen molar-refractivity contribution in [2.45, 2.75) is 45.1 Å². The van der Waals surface area contributed by atoms with Crippen LogP contribution in [0, 0.1) is 5.41 Å². The van der Waals surface area contributed by atoms with Gasteiger partial charge in [-0.25, -0.2) is 0 Å². The Morgan fingerprint density at radius 3 is 2.67 bits per heavy atom. The molecule has 18 heavy (non-hydrogen) atoms. The van der Waals surface area contributed by atoms with Gasteiger partial charge in [-0.15, -0.1) is 0 Å². The number of aliphatic hydroxyl groups is 1. The van der Waals surface area contributed by atoms with Crippen LogP contribution in [0.3, 0.4) is 0 Å². The molecule has 0 aromatic heterocycles. The minimum atomic E-state index is 0.191. The van der Waals surface area contributed by atoms with Crippen molar-refractivity contribution in [2.24, 2.45) is 5.41 Å². The van der Waals surface area contributed by atoms with Crippen LogP contribution in [0.5, 0.6) is 0 Å². The van der Waals surface area contributed by atoms with Crippen LogP contribution in [0.2, 0.25) is 0 Å². The van der Waals surface area contributed by atoms with E-state index in [1.807, 2.05) is 0 Å². The Morgan fingerprint density at radius 1 is 1.11 bits per heavy atom. The second-order valence-electron chi connectivity index (χ2n) is 6.07. The van der Waals surface area contributed by atoms with Crippen LogP contribution in [0.25, 0.3) is 0 Å². The first-order chi connectivity index (χ1) is 8.81. The molecule has 1 saturated carbocycles. The Labute approximate surface area is 109 Å². The third-order valence-electron chi connectivity index (χ3n) is 4.74. The molecule has 0 spiro atoms. The van der Waals surface area contributed by atoms with Gasteiger partial charge in [-0.3, -0.25) is 0 Å². The lowest BCUT2D eigenvalue weighted by Gasteiger charge is -2.40. The van der Waals surface area contributed by atoms with E-state index in [0.717, 1.165) is 13.1 Å². The van der Waals surface area contributed by atoms with Gasteiger partial charge in [0.15, 0.2) is 0 Å². The van der Waals surface area contributed by atoms with E-state index >= 15 is 0 Å². The fourth-order valence-electron chi connectivity index (χ4n) is 3.27. The Hall–Kier alpha value is -0.860. The van der Waals surface area contributed by atoms with Crippen molar-refractivity contribution >= 4 is 0 Å². The number of benzene rings is 1. The van der Waals surface area contributed by atoms with E-state index in [1.54, 1.807) is 11.1 Å². The number of fused-ring (bicyclic) bond motifs is 1. The van der Waals surface area contributed by atoms with Gasteiger partial charge in [0.25, 0.3) is 0 Å². The van der Waals surface area contributed by atoms with Crippen molar-refractivity contribution in [3.05, 3.63) is 34.9 Å². The van der Waals surface area contributed by atoms with E-state index < -0.39 is 0 Å². The van der Waals surface area contributed by atoms with E-state index in [4.69, 9.17) is 0 Å². The highest BCUT2D eigenvalue weighted by Gasteiger charge is 2.35. The molecule has 98 valence electrons. The topological polar surface area (TPSA) is 32.3 Å². The van der Waals surface area contributed by atoms with Crippen LogP contribution in [0.1, 0.15) is 42.4 Å². The van der Waals surface area contributed by atoms with Crippen molar-refractivity contribution in [1.29, 1.82) is 0 Å². The molecule has 0 saturated heterocycles. The summed E-state index contributed by atoms with van der Waals surface area (Å²) < 4.78 is 0. The lowest BCUT2D eigenvalue weighted by atomic mass is 9.69. The molecular weight excluding hydrogens is 222 g/mol. The molecule has 0 radical (unpaired) electrons. The maximum Gasteiger partial charge on any atom is 0.0499 e. The first-order valence-corrected chi connectivity index (χ1v) is 7.24. The zero-order valence-corrected chi connectivity index (χ0v) is 11.0. The summed E-state index contributed by atoms with van der Waals surface area (Å²) in [5.41, 5.74) is 4.68. The summed E-state index contributed by atoms with van der Waals surface area (Å²) in [6, 6.07) is 6.91. The first kappa shape index (κ1) is 12.2. The van der Waals surface area contributed by atoms with Crippen LogP contribution >= 0.6 is 0 Å². The minimum absolute atomic E-state index is 0.191. The fourth-order valence-corrected chi connectivity index (χ4v) is 3.27. The van der Waals surface area contributed by atoms with Crippen molar-refractivity contribution in [3.63, 3.8) is 0 Å². The van der Waals surface area contributed by atoms with Gasteiger partial charge in [0.1, 0.15) is 0 Å². The molecule has 2 aliphatic rings. The molecule has 2 N–H and O–H groups in total. The van der Waals surface area contributed by atoms with Crippen LogP contribution in [-0.2, 0) is 19.4 Å². The molecule has 0 amide bonds. The quantitative estimate of drug-likeness (QED) is 0.835. The zero-order chi connectivity index (χ0) is 12.4. The molecule has 2 heteroatoms. The van der Waals surface area contributed by atoms with Crippen LogP contribution in [0.4, 0.5) is 0 Å². The Balaban J connectivity index is 1.54. The highest BCUT2D eigenvalue weighted by atomic mass is 16.3. The van der Waals surface area contributed by atoms with Gasteiger partial charge in [-0.1, -0.05) is 24.6 Å². The number of hydrogen-bond acceptors (Lipinski definition) is 2. The molecule has 0 bridgehead atoms. The van der Waals surface area contributed by atoms with Crippen molar-refractivity contribution in [2.75, 3.05) is 13.2 Å². The average molecular weight is 245 g/mol. The second-order valence-corrected chi connectivity index (χ2v) is 6.07. The van der Waals surface area contributed by atoms with Gasteiger partial charge < -0.3 is 10.4 Å². The van der Waals surface area contributed by atoms with Crippen LogP contribution in [0.15, 0.2) is 18.2 Å². The maximum atomic E-state index is 9.42. The molecule has 0 heterocycles. The van der Waals surface area contributed by atoms with E-state index in [2.05, 4.69) is 23.5 Å². The average Bonchev–Trinajstić information content (AvgIpc) is 2.80. The highest BCUT2D eigenvalue weighted by molar-refractivity contribution is 5.35. The fraction of sp³-hybridized carbons (Fsp3) is 0.625. The third-order valence-corrected chi connectivity index (χ3v) is 4.74. The number of rotatable bonds is 5. The Morgan fingerprint density at radius 2 is 1.94 bits per heavy atom. The highest BCUT2D eigenvalue weighted by Crippen LogP contribution is 2.39. The smallest absolute Gasteiger partial charge is 0.0499 e. The third kappa shape index (κ3) is 2.32. The summed E-state index contributed by atoms with van der Waals surface area (Å²) in [7, 11) is 0. The van der Waals surface area contributed by atoms with Crippen LogP contribution < -0.4 is 5.32 Å². The zero-order valence-electron chi connectivity index (χ0n) is 11.0. The molecule has 3 rings (SSSR count). The summed E-state index contributed by atoms with van der Waals surface area (Å²) in [5.74, 6) is 0. The maximum absolute atomic E-state index is 9.42. The summed E-state index contributed by atoms with van der Waals surface area (Å²) in [6.07, 6.45) is 7.47. The minimum Gasteiger partial charge on any atom is -0.396 e. The molecular formula is C16H23NO. The Bertz CT molecular complexity index is 418. The Kier molecular flexibility index (Phi) is 3.40. The molecule has 2 aliphatic carbocycles. The summed E-state index contributed by atoms with van der Waals surface area (Å²) in [4.78, 5) is 0. The molecule has 1 fully saturated rings. The van der Waals surface area contributed by atoms with Gasteiger partial charge in [-0.2, -0.15) is 0 Å². The summed E-state index contributed by atoms with van der Waals surface area (Å²) in [5, 5.41) is 12.9. The van der Waals surface area contributed by atoms with E-state index in [-0.39, 0.29) is 5.41 Å². The predicted octanol–water partition coefficient (Wildman–Crippen LogP) is 2.43. The first-order valence-electron chi connectivity index (χ1n) is 7.24. The molecule has 2 nitrogen and oxygen atoms in total. The van der Waals surface area contributed by atoms with Crippen molar-refractivity contribution in [3.8, 4) is 0 Å². The van der Waals surface area contributed by atoms with Gasteiger partial charge in [0.05, 0.1) is 0 Å². The van der Waals surface area contributed by atoms with Gasteiger partial charge in [-0.05, 0) is 48.8 Å². The van der Waals surface area contributed by atoms with Gasteiger partial charge in [0, 0.05) is 25.1 Å². The molecule has 0 unspecified atom stereocenters. The van der Waals surface area contributed by atoms with Crippen molar-refractivity contribution < 1.29 is 5.11 Å². The largest absolute Gasteiger partial charge is 0.396 e. The number of aliphatic hydroxyl groups excluding tert-OH is 1. The summed E-state index contributed by atoms with van der Waals surface area (Å²) >= 11 is 0. The lowest BCUT2D eigenvalue weighted by molar-refractivity contribution is 0.0445. The van der Waals surface area contributed by atoms with Gasteiger partial charge in [0.2, 0.25) is 0 Å². The SMILES string of the molecule is OCC1(CNCc2ccc3c(c2)CCC3)CCC1. The molecule has 0 atom stereocenters. The second kappa shape index (κ2) is 5.02. The molecule has 0 aliphatic heterocycles. The summed E-state index contributed by atoms with van der Waals surface area (Å²) in [6.45, 7) is 2.24. The van der Waals surface area contributed by atoms with Crippen LogP contribution in [-0.4, -0.2) is 18.3 Å². The monoisotopic (exact) mass is 245 g/mol. The molecule has 1 aromatic carbocycles. The number of nitrogens with one attached hydrogen (secondary N) is 1. The standard InChI is InChI=1S/C16H23NO/c18-12-16(7-2-8-16)11-17-10-13-5-6-14-3-1-4-15(14)9-13/h5-6,9,17-18H,1-4,7-8,10-12H2. The number of aryl methyl sites for hydroxylation is 2. The molecule has 1 aromatic rings. The normalized spacial score (nSPS) is 20.5. The van der Waals surface area contributed by atoms with E-state index in [9.17, 15) is 5.11 Å². The predicted molar refractivity (Wildman–Crippen MR) is 73.5 cm³/mol. The van der Waals surface area contributed by atoms with E-state index in [0.29, 0.717) is 6.61 Å². The number of hydrogen-bond donors (Lipinski definition) is 2. The lowest BCUT2D eigenvalue weighted by Crippen LogP contribution is -2.42. The van der Waals surface area contributed by atoms with E-state index in [1.165, 1.54) is 44.1 Å².